The number of ether oxygens (including phenoxy) is 1. The number of piperazine rings is 1. The van der Waals surface area contributed by atoms with Crippen molar-refractivity contribution >= 4 is 39.1 Å². The number of H-pyrrole nitrogens is 1. The minimum absolute atomic E-state index is 0.175. The van der Waals surface area contributed by atoms with E-state index in [-0.39, 0.29) is 23.1 Å². The first-order valence-electron chi connectivity index (χ1n) is 17.6. The molecule has 0 bridgehead atoms. The number of benzene rings is 3. The van der Waals surface area contributed by atoms with Gasteiger partial charge in [-0.15, -0.1) is 0 Å². The molecule has 53 heavy (non-hydrogen) atoms. The zero-order valence-electron chi connectivity index (χ0n) is 29.2. The predicted molar refractivity (Wildman–Crippen MR) is 203 cm³/mol. The molecule has 1 fully saturated rings. The number of allylic oxidation sites excluding steroid dienone is 2. The van der Waals surface area contributed by atoms with Crippen LogP contribution < -0.4 is 26.7 Å². The van der Waals surface area contributed by atoms with Crippen LogP contribution in [0.5, 0.6) is 0 Å². The van der Waals surface area contributed by atoms with Crippen molar-refractivity contribution < 1.29 is 9.13 Å². The molecule has 14 heteroatoms. The van der Waals surface area contributed by atoms with Gasteiger partial charge in [-0.2, -0.15) is 10.1 Å². The van der Waals surface area contributed by atoms with Crippen LogP contribution in [0.25, 0.3) is 21.8 Å². The van der Waals surface area contributed by atoms with Crippen molar-refractivity contribution in [1.82, 2.24) is 39.7 Å². The number of hydrogen-bond donors (Lipinski definition) is 3. The van der Waals surface area contributed by atoms with Gasteiger partial charge in [0.25, 0.3) is 11.1 Å². The van der Waals surface area contributed by atoms with Gasteiger partial charge >= 0.3 is 0 Å². The van der Waals surface area contributed by atoms with E-state index in [9.17, 15) is 9.59 Å². The van der Waals surface area contributed by atoms with Gasteiger partial charge in [-0.3, -0.25) is 14.5 Å². The van der Waals surface area contributed by atoms with E-state index >= 15 is 4.39 Å². The number of rotatable bonds is 11. The zero-order valence-corrected chi connectivity index (χ0v) is 29.2. The van der Waals surface area contributed by atoms with Gasteiger partial charge in [-0.25, -0.2) is 23.8 Å². The molecule has 270 valence electrons. The molecule has 1 saturated heterocycles. The second kappa shape index (κ2) is 14.9. The number of aromatic amines is 1. The highest BCUT2D eigenvalue weighted by Gasteiger charge is 2.22. The van der Waals surface area contributed by atoms with Crippen LogP contribution in [-0.2, 0) is 24.2 Å². The van der Waals surface area contributed by atoms with Crippen LogP contribution in [0.15, 0.2) is 107 Å². The van der Waals surface area contributed by atoms with Crippen LogP contribution in [0.4, 0.5) is 21.7 Å². The average Bonchev–Trinajstić information content (AvgIpc) is 3.47. The lowest BCUT2D eigenvalue weighted by atomic mass is 10.0. The molecule has 1 atom stereocenters. The standard InChI is InChI=1S/C39H39FN10O3/c1-53-21-20-49-38(52)32-24-42-39(44-36(32)50(49)35-8-4-5-15-41-35)43-28-10-12-29(13-11-28)48-18-16-47(17-19-48)25-27-22-26(9-14-33(27)40)23-34-30-6-2-3-7-31(30)37(51)46-45-34/h2-15,22,24,35,41H,16-21,23,25H2,1H3,(H,46,51)(H,42,43,44). The van der Waals surface area contributed by atoms with E-state index in [1.807, 2.05) is 65.5 Å². The Hall–Kier alpha value is -6.12. The van der Waals surface area contributed by atoms with Gasteiger partial charge in [-0.1, -0.05) is 36.4 Å². The van der Waals surface area contributed by atoms with Crippen molar-refractivity contribution in [1.29, 1.82) is 0 Å². The number of halogens is 1. The highest BCUT2D eigenvalue weighted by molar-refractivity contribution is 5.83. The topological polar surface area (TPSA) is 138 Å². The molecule has 3 aromatic carbocycles. The number of nitrogens with zero attached hydrogens (tertiary/aromatic N) is 7. The summed E-state index contributed by atoms with van der Waals surface area (Å²) in [5.41, 5.74) is 4.37. The molecule has 13 nitrogen and oxygen atoms in total. The monoisotopic (exact) mass is 714 g/mol. The highest BCUT2D eigenvalue weighted by Crippen LogP contribution is 2.25. The van der Waals surface area contributed by atoms with Gasteiger partial charge < -0.3 is 20.3 Å². The van der Waals surface area contributed by atoms with Gasteiger partial charge in [0.15, 0.2) is 5.65 Å². The number of fused-ring (bicyclic) bond motifs is 2. The van der Waals surface area contributed by atoms with Gasteiger partial charge in [0.05, 0.1) is 24.2 Å². The third kappa shape index (κ3) is 7.06. The lowest BCUT2D eigenvalue weighted by Crippen LogP contribution is -2.46. The Bertz CT molecular complexity index is 2450. The van der Waals surface area contributed by atoms with E-state index in [1.165, 1.54) is 6.07 Å². The normalized spacial score (nSPS) is 16.0. The van der Waals surface area contributed by atoms with Crippen molar-refractivity contribution in [3.63, 3.8) is 0 Å². The Morgan fingerprint density at radius 1 is 0.962 bits per heavy atom. The Morgan fingerprint density at radius 3 is 2.55 bits per heavy atom. The van der Waals surface area contributed by atoms with Crippen LogP contribution in [0.3, 0.4) is 0 Å². The third-order valence-corrected chi connectivity index (χ3v) is 9.76. The first kappa shape index (κ1) is 34.0. The summed E-state index contributed by atoms with van der Waals surface area (Å²) in [4.78, 5) is 39.3. The summed E-state index contributed by atoms with van der Waals surface area (Å²) < 4.78 is 23.7. The van der Waals surface area contributed by atoms with Gasteiger partial charge in [0.2, 0.25) is 5.95 Å². The first-order valence-corrected chi connectivity index (χ1v) is 17.6. The first-order chi connectivity index (χ1) is 25.9. The Labute approximate surface area is 304 Å². The molecule has 0 aliphatic carbocycles. The van der Waals surface area contributed by atoms with E-state index in [0.29, 0.717) is 54.0 Å². The number of anilines is 3. The maximum Gasteiger partial charge on any atom is 0.277 e. The van der Waals surface area contributed by atoms with Gasteiger partial charge in [-0.05, 0) is 60.3 Å². The molecule has 6 aromatic rings. The second-order valence-corrected chi connectivity index (χ2v) is 13.1. The summed E-state index contributed by atoms with van der Waals surface area (Å²) in [6.45, 7) is 4.44. The third-order valence-electron chi connectivity index (χ3n) is 9.76. The molecule has 0 spiro atoms. The van der Waals surface area contributed by atoms with E-state index < -0.39 is 0 Å². The van der Waals surface area contributed by atoms with E-state index in [0.717, 1.165) is 54.2 Å². The van der Waals surface area contributed by atoms with Crippen LogP contribution in [0.2, 0.25) is 0 Å². The lowest BCUT2D eigenvalue weighted by Gasteiger charge is -2.36. The SMILES string of the molecule is COCCn1c(=O)c2cnc(Nc3ccc(N4CCN(Cc5cc(Cc6n[nH]c(=O)c7ccccc67)ccc5F)CC4)cc3)nc2n1C1C=CC=CN1. The van der Waals surface area contributed by atoms with E-state index in [1.54, 1.807) is 30.1 Å². The summed E-state index contributed by atoms with van der Waals surface area (Å²) in [6, 6.07) is 20.7. The molecule has 3 N–H and O–H groups in total. The van der Waals surface area contributed by atoms with E-state index in [2.05, 4.69) is 47.7 Å². The summed E-state index contributed by atoms with van der Waals surface area (Å²) >= 11 is 0. The van der Waals surface area contributed by atoms with Crippen LogP contribution in [0, 0.1) is 5.82 Å². The number of aromatic nitrogens is 6. The maximum atomic E-state index is 15.0. The number of nitrogens with one attached hydrogen (secondary N) is 3. The fourth-order valence-corrected chi connectivity index (χ4v) is 7.01. The van der Waals surface area contributed by atoms with Crippen LogP contribution >= 0.6 is 0 Å². The van der Waals surface area contributed by atoms with Crippen molar-refractivity contribution in [2.24, 2.45) is 0 Å². The maximum absolute atomic E-state index is 15.0. The largest absolute Gasteiger partial charge is 0.383 e. The Morgan fingerprint density at radius 2 is 1.77 bits per heavy atom. The number of hydrogen-bond acceptors (Lipinski definition) is 10. The summed E-state index contributed by atoms with van der Waals surface area (Å²) in [7, 11) is 1.61. The average molecular weight is 715 g/mol. The minimum atomic E-state index is -0.291. The van der Waals surface area contributed by atoms with Crippen LogP contribution in [-0.4, -0.2) is 74.3 Å². The Balaban J connectivity index is 0.910. The van der Waals surface area contributed by atoms with Crippen LogP contribution in [0.1, 0.15) is 23.0 Å². The summed E-state index contributed by atoms with van der Waals surface area (Å²) in [5, 5.41) is 15.3. The number of dihydropyridines is 1. The molecular formula is C39H39FN10O3. The Kier molecular flexibility index (Phi) is 9.53. The number of methoxy groups -OCH3 is 1. The summed E-state index contributed by atoms with van der Waals surface area (Å²) in [6.07, 6.45) is 9.38. The molecule has 8 rings (SSSR count). The smallest absolute Gasteiger partial charge is 0.277 e. The van der Waals surface area contributed by atoms with Crippen molar-refractivity contribution in [2.75, 3.05) is 50.1 Å². The van der Waals surface area contributed by atoms with Gasteiger partial charge in [0.1, 0.15) is 17.4 Å². The molecule has 3 aromatic heterocycles. The van der Waals surface area contributed by atoms with Crippen molar-refractivity contribution in [2.45, 2.75) is 25.7 Å². The minimum Gasteiger partial charge on any atom is -0.383 e. The molecule has 0 saturated carbocycles. The molecule has 5 heterocycles. The molecular weight excluding hydrogens is 675 g/mol. The molecule has 0 amide bonds. The molecule has 2 aliphatic rings. The fraction of sp³-hybridized carbons (Fsp3) is 0.256. The highest BCUT2D eigenvalue weighted by atomic mass is 19.1. The molecule has 0 radical (unpaired) electrons. The van der Waals surface area contributed by atoms with E-state index in [4.69, 9.17) is 9.72 Å². The van der Waals surface area contributed by atoms with Crippen molar-refractivity contribution in [3.8, 4) is 0 Å². The van der Waals surface area contributed by atoms with Gasteiger partial charge in [0, 0.05) is 74.8 Å². The molecule has 1 unspecified atom stereocenters. The summed E-state index contributed by atoms with van der Waals surface area (Å²) in [5.74, 6) is 0.153. The lowest BCUT2D eigenvalue weighted by molar-refractivity contribution is 0.175. The second-order valence-electron chi connectivity index (χ2n) is 13.1. The molecule has 2 aliphatic heterocycles. The van der Waals surface area contributed by atoms with Crippen molar-refractivity contribution in [3.05, 3.63) is 141 Å². The quantitative estimate of drug-likeness (QED) is 0.177. The predicted octanol–water partition coefficient (Wildman–Crippen LogP) is 4.44. The fourth-order valence-electron chi connectivity index (χ4n) is 7.01. The zero-order chi connectivity index (χ0) is 36.3.